The molecule has 1 aromatic carbocycles. The number of unbranched alkanes of at least 4 members (excludes halogenated alkanes) is 2. The van der Waals surface area contributed by atoms with Gasteiger partial charge >= 0.3 is 0 Å². The number of thiophene rings is 4. The average Bonchev–Trinajstić information content (AvgIpc) is 4.23. The molecule has 4 unspecified atom stereocenters. The Bertz CT molecular complexity index is 2770. The second-order valence-corrected chi connectivity index (χ2v) is 28.7. The molecule has 72 heavy (non-hydrogen) atoms. The van der Waals surface area contributed by atoms with Gasteiger partial charge in [-0.25, -0.2) is 0 Å². The van der Waals surface area contributed by atoms with Crippen molar-refractivity contribution in [2.75, 3.05) is 0 Å². The van der Waals surface area contributed by atoms with Gasteiger partial charge in [-0.2, -0.15) is 17.5 Å². The third kappa shape index (κ3) is 12.8. The predicted octanol–water partition coefficient (Wildman–Crippen LogP) is 22.5. The van der Waals surface area contributed by atoms with Crippen molar-refractivity contribution in [3.63, 3.8) is 0 Å². The molecule has 6 aromatic rings. The summed E-state index contributed by atoms with van der Waals surface area (Å²) in [4.78, 5) is 10.8. The topological polar surface area (TPSA) is 59.7 Å². The molecule has 5 aromatic heterocycles. The Morgan fingerprint density at radius 1 is 0.542 bits per heavy atom. The van der Waals surface area contributed by atoms with Gasteiger partial charge in [0.15, 0.2) is 0 Å². The van der Waals surface area contributed by atoms with E-state index in [4.69, 9.17) is 22.2 Å². The number of aromatic nitrogens is 2. The number of hydrogen-bond donors (Lipinski definition) is 0. The smallest absolute Gasteiger partial charge is 0.140 e. The fraction of sp³-hybridized carbons (Fsp3) is 0.639. The van der Waals surface area contributed by atoms with Crippen LogP contribution in [-0.2, 0) is 29.8 Å². The normalized spacial score (nSPS) is 16.9. The van der Waals surface area contributed by atoms with Gasteiger partial charge < -0.3 is 4.74 Å². The highest BCUT2D eigenvalue weighted by Gasteiger charge is 2.43. The average molecular weight is 1080 g/mol. The second kappa shape index (κ2) is 25.5. The molecule has 0 fully saturated rings. The first kappa shape index (κ1) is 55.7. The number of rotatable bonds is 29. The van der Waals surface area contributed by atoms with Gasteiger partial charge in [-0.3, -0.25) is 0 Å². The molecule has 0 aliphatic carbocycles. The number of aryl methyl sites for hydroxylation is 2. The highest BCUT2D eigenvalue weighted by atomic mass is 32.1. The lowest BCUT2D eigenvalue weighted by atomic mass is 9.78. The van der Waals surface area contributed by atoms with Crippen LogP contribution in [0.15, 0.2) is 33.0 Å². The molecule has 8 rings (SSSR count). The van der Waals surface area contributed by atoms with Crippen molar-refractivity contribution in [1.82, 2.24) is 8.75 Å². The molecule has 0 bridgehead atoms. The summed E-state index contributed by atoms with van der Waals surface area (Å²) >= 11 is 10.4. The Morgan fingerprint density at radius 2 is 1.08 bits per heavy atom. The van der Waals surface area contributed by atoms with Gasteiger partial charge in [-0.15, -0.1) is 45.3 Å². The minimum absolute atomic E-state index is 0.316. The van der Waals surface area contributed by atoms with Crippen LogP contribution in [0.1, 0.15) is 211 Å². The molecule has 5 nitrogen and oxygen atoms in total. The Morgan fingerprint density at radius 3 is 1.64 bits per heavy atom. The number of fused-ring (bicyclic) bond motifs is 5. The maximum absolute atomic E-state index is 7.73. The Balaban J connectivity index is 1.19. The molecule has 0 N–H and O–H groups in total. The van der Waals surface area contributed by atoms with Crippen molar-refractivity contribution in [3.8, 4) is 46.1 Å². The van der Waals surface area contributed by atoms with Crippen LogP contribution in [0.3, 0.4) is 0 Å². The Hall–Kier alpha value is -2.54. The number of hydrogen-bond acceptors (Lipinski definition) is 10. The monoisotopic (exact) mass is 1080 g/mol. The summed E-state index contributed by atoms with van der Waals surface area (Å²) in [6, 6.07) is 9.94. The summed E-state index contributed by atoms with van der Waals surface area (Å²) < 4.78 is 28.2. The molecule has 0 saturated carbocycles. The van der Waals surface area contributed by atoms with Crippen LogP contribution in [0, 0.1) is 49.4 Å². The van der Waals surface area contributed by atoms with Crippen molar-refractivity contribution in [2.45, 2.75) is 217 Å². The van der Waals surface area contributed by atoms with Gasteiger partial charge in [0.2, 0.25) is 0 Å². The van der Waals surface area contributed by atoms with E-state index in [9.17, 15) is 0 Å². The molecule has 0 saturated heterocycles. The third-order valence-corrected chi connectivity index (χ3v) is 22.0. The minimum Gasteiger partial charge on any atom is -0.481 e. The number of ether oxygens (including phenoxy) is 1. The first-order valence-corrected chi connectivity index (χ1v) is 33.1. The lowest BCUT2D eigenvalue weighted by Gasteiger charge is -2.39. The van der Waals surface area contributed by atoms with Gasteiger partial charge in [0.1, 0.15) is 33.8 Å². The summed E-state index contributed by atoms with van der Waals surface area (Å²) in [5, 5.41) is 0. The van der Waals surface area contributed by atoms with Crippen LogP contribution in [0.2, 0.25) is 0 Å². The molecule has 4 atom stereocenters. The second-order valence-electron chi connectivity index (χ2n) is 23.0. The molecule has 392 valence electrons. The maximum Gasteiger partial charge on any atom is 0.140 e. The van der Waals surface area contributed by atoms with Crippen LogP contribution in [-0.4, -0.2) is 8.75 Å². The van der Waals surface area contributed by atoms with E-state index >= 15 is 0 Å². The summed E-state index contributed by atoms with van der Waals surface area (Å²) in [6.45, 7) is 28.4. The fourth-order valence-corrected chi connectivity index (χ4v) is 17.4. The zero-order chi connectivity index (χ0) is 51.1. The van der Waals surface area contributed by atoms with Crippen LogP contribution in [0.4, 0.5) is 11.4 Å². The molecule has 0 amide bonds. The molecule has 0 radical (unpaired) electrons. The van der Waals surface area contributed by atoms with Crippen molar-refractivity contribution in [3.05, 3.63) is 50.7 Å². The summed E-state index contributed by atoms with van der Waals surface area (Å²) in [6.07, 6.45) is 24.6. The van der Waals surface area contributed by atoms with Crippen LogP contribution < -0.4 is 4.74 Å². The molecular weight excluding hydrogens is 997 g/mol. The van der Waals surface area contributed by atoms with Gasteiger partial charge in [0.25, 0.3) is 0 Å². The number of benzene rings is 1. The van der Waals surface area contributed by atoms with E-state index in [-0.39, 0.29) is 5.60 Å². The van der Waals surface area contributed by atoms with Crippen LogP contribution >= 0.6 is 57.1 Å². The predicted molar refractivity (Wildman–Crippen MR) is 322 cm³/mol. The molecule has 11 heteroatoms. The van der Waals surface area contributed by atoms with E-state index in [1.165, 1.54) is 182 Å². The lowest BCUT2D eigenvalue weighted by molar-refractivity contribution is 0.0323. The van der Waals surface area contributed by atoms with Crippen LogP contribution in [0.25, 0.3) is 51.4 Å². The van der Waals surface area contributed by atoms with E-state index in [2.05, 4.69) is 107 Å². The zero-order valence-electron chi connectivity index (χ0n) is 46.1. The quantitative estimate of drug-likeness (QED) is 0.0469. The molecular formula is C61H86N4OS6. The largest absolute Gasteiger partial charge is 0.481 e. The van der Waals surface area contributed by atoms with Gasteiger partial charge in [-0.05, 0) is 117 Å². The zero-order valence-corrected chi connectivity index (χ0v) is 51.0. The van der Waals surface area contributed by atoms with E-state index in [1.54, 1.807) is 0 Å². The molecule has 7 heterocycles. The van der Waals surface area contributed by atoms with E-state index in [1.807, 2.05) is 45.3 Å². The Labute approximate surface area is 459 Å². The number of nitrogens with zero attached hydrogens (tertiary/aromatic N) is 4. The fourth-order valence-electron chi connectivity index (χ4n) is 11.5. The van der Waals surface area contributed by atoms with E-state index in [0.717, 1.165) is 76.8 Å². The summed E-state index contributed by atoms with van der Waals surface area (Å²) in [7, 11) is 0. The van der Waals surface area contributed by atoms with Crippen molar-refractivity contribution < 1.29 is 4.74 Å². The van der Waals surface area contributed by atoms with Gasteiger partial charge in [0, 0.05) is 52.0 Å². The van der Waals surface area contributed by atoms with Gasteiger partial charge in [0.05, 0.1) is 32.8 Å². The summed E-state index contributed by atoms with van der Waals surface area (Å²) in [5.74, 6) is 5.31. The summed E-state index contributed by atoms with van der Waals surface area (Å²) in [5.41, 5.74) is 10.1. The lowest BCUT2D eigenvalue weighted by Crippen LogP contribution is -2.36. The highest BCUT2D eigenvalue weighted by Crippen LogP contribution is 2.60. The van der Waals surface area contributed by atoms with Crippen LogP contribution in [0.5, 0.6) is 5.75 Å². The van der Waals surface area contributed by atoms with E-state index < -0.39 is 0 Å². The molecule has 2 aliphatic rings. The van der Waals surface area contributed by atoms with E-state index in [0.29, 0.717) is 23.7 Å². The minimum atomic E-state index is -0.316. The van der Waals surface area contributed by atoms with Crippen molar-refractivity contribution in [1.29, 1.82) is 0 Å². The SMILES string of the molecule is CCCCC(CC)Cc1cc(-c2c3c(c(-c4cc(CC(CC)CCCC)c(-c5cc6c(s5)-c5sc(C)cc5C(CCC(C)CCCC(C)C)(CCC(C)CCCC(C)C)O6)s4)c4nsnc24)N=S=N3)sc1C. The maximum atomic E-state index is 7.73. The van der Waals surface area contributed by atoms with Crippen molar-refractivity contribution in [2.24, 2.45) is 44.2 Å². The van der Waals surface area contributed by atoms with Crippen molar-refractivity contribution >= 4 is 90.8 Å². The molecule has 2 aliphatic heterocycles. The highest BCUT2D eigenvalue weighted by molar-refractivity contribution is 7.58. The first-order valence-electron chi connectivity index (χ1n) is 28.3. The van der Waals surface area contributed by atoms with Gasteiger partial charge in [-0.1, -0.05) is 159 Å². The standard InChI is InChI=1S/C61H86N4OS6/c1-13-17-25-43(15-3)32-45-34-49(68-42(45)12)52-54-56(64-71-62-54)53(57-55(52)63-72-65-57)50-35-46(33-44(16-4)26-18-14-2)58(69-50)51-36-48-60(70-51)59-47(31-41(11)67-59)61(66-48,29-27-39(9)23-19-21-37(5)6)30-28-40(10)24-20-22-38(7)8/h31,34-40,43-44H,13-30,32-33H2,1-12H3. The third-order valence-electron chi connectivity index (χ3n) is 16.2. The first-order chi connectivity index (χ1) is 34.8. The molecule has 0 spiro atoms. The Kier molecular flexibility index (Phi) is 19.7.